The lowest BCUT2D eigenvalue weighted by Crippen LogP contribution is -2.20. The first-order valence-corrected chi connectivity index (χ1v) is 14.5. The highest BCUT2D eigenvalue weighted by Crippen LogP contribution is 2.14. The van der Waals surface area contributed by atoms with Crippen LogP contribution < -0.4 is 0 Å². The first-order valence-electron chi connectivity index (χ1n) is 10.9. The van der Waals surface area contributed by atoms with E-state index in [4.69, 9.17) is 9.29 Å². The summed E-state index contributed by atoms with van der Waals surface area (Å²) in [5.41, 5.74) is 0. The summed E-state index contributed by atoms with van der Waals surface area (Å²) in [5, 5.41) is 17.7. The van der Waals surface area contributed by atoms with E-state index < -0.39 is 32.4 Å². The molecular weight excluding hydrogens is 496 g/mol. The molecule has 0 aliphatic rings. The smallest absolute Gasteiger partial charge is 0.305 e. The molecule has 0 unspecified atom stereocenters. The molecule has 0 saturated carbocycles. The molecule has 0 heterocycles. The van der Waals surface area contributed by atoms with Crippen LogP contribution in [0.2, 0.25) is 0 Å². The fourth-order valence-corrected chi connectivity index (χ4v) is 3.69. The third-order valence-corrected chi connectivity index (χ3v) is 5.51. The first kappa shape index (κ1) is 34.8. The van der Waals surface area contributed by atoms with Crippen LogP contribution in [0.3, 0.4) is 0 Å². The summed E-state index contributed by atoms with van der Waals surface area (Å²) >= 11 is 0. The van der Waals surface area contributed by atoms with Crippen molar-refractivity contribution in [2.45, 2.75) is 76.4 Å². The van der Waals surface area contributed by atoms with E-state index in [1.54, 1.807) is 0 Å². The van der Waals surface area contributed by atoms with E-state index in [2.05, 4.69) is 13.7 Å². The molecular formula is C20H40O12S2. The number of methoxy groups -OCH3 is 2. The third-order valence-electron chi connectivity index (χ3n) is 4.29. The Morgan fingerprint density at radius 3 is 1.68 bits per heavy atom. The molecule has 14 heteroatoms. The molecule has 0 amide bonds. The minimum atomic E-state index is -3.64. The van der Waals surface area contributed by atoms with Gasteiger partial charge >= 0.3 is 11.9 Å². The van der Waals surface area contributed by atoms with Gasteiger partial charge in [0.1, 0.15) is 0 Å². The molecule has 0 rings (SSSR count). The van der Waals surface area contributed by atoms with Gasteiger partial charge in [0.05, 0.1) is 45.5 Å². The number of unbranched alkanes of at least 4 members (excludes halogenated alkanes) is 2. The van der Waals surface area contributed by atoms with Gasteiger partial charge in [-0.1, -0.05) is 12.8 Å². The lowest BCUT2D eigenvalue weighted by Gasteiger charge is -2.15. The SMILES string of the molecule is COC(=O)CCCC[C@@H](CCOS(C)(=O)=O)OS(C)(=O)=O.COC(=O)CCCC[C@H](O)CCO. The Morgan fingerprint density at radius 2 is 1.26 bits per heavy atom. The minimum absolute atomic E-state index is 0.0121. The van der Waals surface area contributed by atoms with Crippen LogP contribution in [0.1, 0.15) is 64.2 Å². The van der Waals surface area contributed by atoms with Crippen LogP contribution in [0.4, 0.5) is 0 Å². The highest BCUT2D eigenvalue weighted by molar-refractivity contribution is 7.86. The monoisotopic (exact) mass is 536 g/mol. The fraction of sp³-hybridized carbons (Fsp3) is 0.900. The Balaban J connectivity index is 0. The van der Waals surface area contributed by atoms with Crippen molar-refractivity contribution in [2.24, 2.45) is 0 Å². The van der Waals surface area contributed by atoms with Crippen molar-refractivity contribution >= 4 is 32.2 Å². The number of carbonyl (C=O) groups is 2. The number of hydrogen-bond donors (Lipinski definition) is 2. The predicted octanol–water partition coefficient (Wildman–Crippen LogP) is 0.894. The zero-order valence-electron chi connectivity index (χ0n) is 20.4. The van der Waals surface area contributed by atoms with E-state index in [1.807, 2.05) is 0 Å². The lowest BCUT2D eigenvalue weighted by atomic mass is 10.1. The molecule has 0 aliphatic heterocycles. The third kappa shape index (κ3) is 26.9. The molecule has 34 heavy (non-hydrogen) atoms. The number of hydrogen-bond acceptors (Lipinski definition) is 12. The van der Waals surface area contributed by atoms with Gasteiger partial charge in [-0.2, -0.15) is 16.8 Å². The minimum Gasteiger partial charge on any atom is -0.469 e. The van der Waals surface area contributed by atoms with Crippen molar-refractivity contribution in [2.75, 3.05) is 39.9 Å². The molecule has 12 nitrogen and oxygen atoms in total. The highest BCUT2D eigenvalue weighted by atomic mass is 32.2. The normalized spacial score (nSPS) is 13.4. The van der Waals surface area contributed by atoms with Gasteiger partial charge in [0.2, 0.25) is 0 Å². The summed E-state index contributed by atoms with van der Waals surface area (Å²) in [7, 11) is -4.56. The lowest BCUT2D eigenvalue weighted by molar-refractivity contribution is -0.141. The van der Waals surface area contributed by atoms with Crippen molar-refractivity contribution in [1.82, 2.24) is 0 Å². The summed E-state index contributed by atoms with van der Waals surface area (Å²) in [4.78, 5) is 21.6. The van der Waals surface area contributed by atoms with Gasteiger partial charge in [0, 0.05) is 19.4 Å². The van der Waals surface area contributed by atoms with Gasteiger partial charge in [-0.15, -0.1) is 0 Å². The Bertz CT molecular complexity index is 750. The second kappa shape index (κ2) is 19.9. The average molecular weight is 537 g/mol. The van der Waals surface area contributed by atoms with E-state index in [1.165, 1.54) is 14.2 Å². The quantitative estimate of drug-likeness (QED) is 0.144. The van der Waals surface area contributed by atoms with Crippen molar-refractivity contribution in [3.63, 3.8) is 0 Å². The van der Waals surface area contributed by atoms with Gasteiger partial charge in [0.15, 0.2) is 0 Å². The Kier molecular flexibility index (Phi) is 20.4. The maximum Gasteiger partial charge on any atom is 0.305 e. The summed E-state index contributed by atoms with van der Waals surface area (Å²) in [6.45, 7) is -0.145. The number of rotatable bonds is 18. The molecule has 2 N–H and O–H groups in total. The molecule has 0 aromatic carbocycles. The van der Waals surface area contributed by atoms with Gasteiger partial charge < -0.3 is 19.7 Å². The standard InChI is InChI=1S/C11H22O8S2.C9H18O4/c1-17-11(12)7-5-4-6-10(19-21(3,15)16)8-9-18-20(2,13)14;1-13-9(12)5-3-2-4-8(11)6-7-10/h10H,4-9H2,1-3H3;8,10-11H,2-7H2,1H3/t10-;8-/m00/s1. The molecule has 0 saturated heterocycles. The summed E-state index contributed by atoms with van der Waals surface area (Å²) in [5.74, 6) is -0.548. The maximum atomic E-state index is 11.1. The number of ether oxygens (including phenoxy) is 2. The molecule has 2 atom stereocenters. The second-order valence-electron chi connectivity index (χ2n) is 7.55. The predicted molar refractivity (Wildman–Crippen MR) is 124 cm³/mol. The largest absolute Gasteiger partial charge is 0.469 e. The topological polar surface area (TPSA) is 180 Å². The molecule has 0 aromatic rings. The zero-order valence-corrected chi connectivity index (χ0v) is 22.1. The fourth-order valence-electron chi connectivity index (χ4n) is 2.61. The number of aliphatic hydroxyl groups is 2. The van der Waals surface area contributed by atoms with Crippen LogP contribution in [0.5, 0.6) is 0 Å². The highest BCUT2D eigenvalue weighted by Gasteiger charge is 2.17. The van der Waals surface area contributed by atoms with Gasteiger partial charge in [-0.25, -0.2) is 0 Å². The zero-order chi connectivity index (χ0) is 26.6. The summed E-state index contributed by atoms with van der Waals surface area (Å²) in [6.07, 6.45) is 5.50. The Labute approximate surface area is 203 Å². The average Bonchev–Trinajstić information content (AvgIpc) is 2.72. The van der Waals surface area contributed by atoms with E-state index >= 15 is 0 Å². The van der Waals surface area contributed by atoms with Crippen molar-refractivity contribution < 1.29 is 54.5 Å². The van der Waals surface area contributed by atoms with E-state index in [9.17, 15) is 31.5 Å². The summed E-state index contributed by atoms with van der Waals surface area (Å²) < 4.78 is 62.3. The van der Waals surface area contributed by atoms with Gasteiger partial charge in [0.25, 0.3) is 20.2 Å². The number of carbonyl (C=O) groups excluding carboxylic acids is 2. The van der Waals surface area contributed by atoms with Gasteiger partial charge in [-0.05, 0) is 38.5 Å². The Hall–Kier alpha value is -1.32. The van der Waals surface area contributed by atoms with Crippen LogP contribution in [0.15, 0.2) is 0 Å². The molecule has 204 valence electrons. The summed E-state index contributed by atoms with van der Waals surface area (Å²) in [6, 6.07) is 0. The van der Waals surface area contributed by atoms with E-state index in [0.29, 0.717) is 38.5 Å². The second-order valence-corrected chi connectivity index (χ2v) is 10.8. The van der Waals surface area contributed by atoms with Gasteiger partial charge in [-0.3, -0.25) is 18.0 Å². The van der Waals surface area contributed by atoms with Crippen LogP contribution >= 0.6 is 0 Å². The van der Waals surface area contributed by atoms with Crippen LogP contribution in [0.25, 0.3) is 0 Å². The van der Waals surface area contributed by atoms with Crippen LogP contribution in [0, 0.1) is 0 Å². The van der Waals surface area contributed by atoms with E-state index in [-0.39, 0.29) is 38.0 Å². The van der Waals surface area contributed by atoms with Crippen molar-refractivity contribution in [3.8, 4) is 0 Å². The van der Waals surface area contributed by atoms with E-state index in [0.717, 1.165) is 25.4 Å². The first-order chi connectivity index (χ1) is 15.7. The van der Waals surface area contributed by atoms with Crippen molar-refractivity contribution in [1.29, 1.82) is 0 Å². The molecule has 0 radical (unpaired) electrons. The Morgan fingerprint density at radius 1 is 0.765 bits per heavy atom. The molecule has 0 aromatic heterocycles. The number of aliphatic hydroxyl groups excluding tert-OH is 2. The van der Waals surface area contributed by atoms with Crippen LogP contribution in [-0.4, -0.2) is 91.1 Å². The molecule has 0 fully saturated rings. The molecule has 0 spiro atoms. The molecule has 0 bridgehead atoms. The van der Waals surface area contributed by atoms with Crippen LogP contribution in [-0.2, 0) is 47.7 Å². The maximum absolute atomic E-state index is 11.1. The number of esters is 2. The molecule has 0 aliphatic carbocycles. The van der Waals surface area contributed by atoms with Crippen molar-refractivity contribution in [3.05, 3.63) is 0 Å².